The van der Waals surface area contributed by atoms with Crippen LogP contribution in [0.25, 0.3) is 11.3 Å². The predicted octanol–water partition coefficient (Wildman–Crippen LogP) is 0.855. The van der Waals surface area contributed by atoms with Gasteiger partial charge in [-0.25, -0.2) is 0 Å². The Kier molecular flexibility index (Phi) is 4.95. The molecule has 0 saturated heterocycles. The Hall–Kier alpha value is -2.61. The molecule has 1 heterocycles. The first-order valence-corrected chi connectivity index (χ1v) is 6.96. The van der Waals surface area contributed by atoms with Crippen LogP contribution < -0.4 is 21.8 Å². The van der Waals surface area contributed by atoms with E-state index in [9.17, 15) is 4.79 Å². The molecule has 0 aliphatic carbocycles. The van der Waals surface area contributed by atoms with Crippen molar-refractivity contribution in [3.8, 4) is 17.0 Å². The number of aromatic amines is 1. The molecule has 0 spiro atoms. The largest absolute Gasteiger partial charge is 0.496 e. The number of benzene rings is 1. The third-order valence-corrected chi connectivity index (χ3v) is 3.36. The van der Waals surface area contributed by atoms with E-state index < -0.39 is 0 Å². The highest BCUT2D eigenvalue weighted by molar-refractivity contribution is 7.71. The van der Waals surface area contributed by atoms with Gasteiger partial charge in [0.05, 0.1) is 19.3 Å². The molecule has 5 N–H and O–H groups in total. The average Bonchev–Trinajstić information content (AvgIpc) is 2.48. The first-order chi connectivity index (χ1) is 10.5. The fourth-order valence-corrected chi connectivity index (χ4v) is 2.39. The SMILES string of the molecule is COc1ccccc1-c1cc(=O)[nH]c(=S)n1CCN=C(N)N. The molecule has 0 atom stereocenters. The molecule has 2 aromatic rings. The Labute approximate surface area is 132 Å². The summed E-state index contributed by atoms with van der Waals surface area (Å²) >= 11 is 5.24. The van der Waals surface area contributed by atoms with Crippen molar-refractivity contribution in [2.75, 3.05) is 13.7 Å². The zero-order valence-corrected chi connectivity index (χ0v) is 12.9. The van der Waals surface area contributed by atoms with Gasteiger partial charge in [0, 0.05) is 18.2 Å². The van der Waals surface area contributed by atoms with E-state index in [1.54, 1.807) is 11.7 Å². The second-order valence-electron chi connectivity index (χ2n) is 4.48. The number of nitrogens with two attached hydrogens (primary N) is 2. The van der Waals surface area contributed by atoms with Crippen molar-refractivity contribution in [1.82, 2.24) is 9.55 Å². The Balaban J connectivity index is 2.56. The summed E-state index contributed by atoms with van der Waals surface area (Å²) < 4.78 is 7.42. The predicted molar refractivity (Wildman–Crippen MR) is 88.6 cm³/mol. The number of hydrogen-bond donors (Lipinski definition) is 3. The number of methoxy groups -OCH3 is 1. The maximum absolute atomic E-state index is 11.8. The van der Waals surface area contributed by atoms with Crippen LogP contribution in [0.1, 0.15) is 0 Å². The summed E-state index contributed by atoms with van der Waals surface area (Å²) in [7, 11) is 1.57. The molecule has 7 nitrogen and oxygen atoms in total. The van der Waals surface area contributed by atoms with Gasteiger partial charge in [-0.3, -0.25) is 14.8 Å². The molecular weight excluding hydrogens is 302 g/mol. The lowest BCUT2D eigenvalue weighted by molar-refractivity contribution is 0.416. The summed E-state index contributed by atoms with van der Waals surface area (Å²) in [6.45, 7) is 0.783. The van der Waals surface area contributed by atoms with Crippen LogP contribution in [0.2, 0.25) is 0 Å². The molecule has 0 aliphatic heterocycles. The quantitative estimate of drug-likeness (QED) is 0.430. The van der Waals surface area contributed by atoms with Crippen molar-refractivity contribution >= 4 is 18.2 Å². The minimum Gasteiger partial charge on any atom is -0.496 e. The van der Waals surface area contributed by atoms with Gasteiger partial charge in [0.1, 0.15) is 5.75 Å². The first-order valence-electron chi connectivity index (χ1n) is 6.56. The van der Waals surface area contributed by atoms with Gasteiger partial charge < -0.3 is 20.8 Å². The monoisotopic (exact) mass is 319 g/mol. The molecule has 0 bridgehead atoms. The molecule has 0 fully saturated rings. The molecule has 22 heavy (non-hydrogen) atoms. The van der Waals surface area contributed by atoms with Crippen molar-refractivity contribution in [2.45, 2.75) is 6.54 Å². The number of aliphatic imine (C=N–C) groups is 1. The van der Waals surface area contributed by atoms with Gasteiger partial charge >= 0.3 is 0 Å². The highest BCUT2D eigenvalue weighted by Crippen LogP contribution is 2.28. The highest BCUT2D eigenvalue weighted by Gasteiger charge is 2.11. The topological polar surface area (TPSA) is 111 Å². The fraction of sp³-hybridized carbons (Fsp3) is 0.214. The summed E-state index contributed by atoms with van der Waals surface area (Å²) in [5.41, 5.74) is 11.8. The fourth-order valence-electron chi connectivity index (χ4n) is 2.10. The van der Waals surface area contributed by atoms with Crippen molar-refractivity contribution in [1.29, 1.82) is 0 Å². The van der Waals surface area contributed by atoms with Crippen molar-refractivity contribution in [2.24, 2.45) is 16.5 Å². The number of guanidine groups is 1. The molecule has 0 saturated carbocycles. The van der Waals surface area contributed by atoms with Crippen LogP contribution in [0.5, 0.6) is 5.75 Å². The van der Waals surface area contributed by atoms with Gasteiger partial charge in [-0.2, -0.15) is 0 Å². The van der Waals surface area contributed by atoms with Crippen LogP contribution in [0, 0.1) is 4.77 Å². The molecule has 2 rings (SSSR count). The average molecular weight is 319 g/mol. The van der Waals surface area contributed by atoms with E-state index >= 15 is 0 Å². The molecule has 0 aliphatic rings. The lowest BCUT2D eigenvalue weighted by Crippen LogP contribution is -2.24. The standard InChI is InChI=1S/C14H17N5O2S/c1-21-11-5-3-2-4-9(11)10-8-12(20)18-14(22)19(10)7-6-17-13(15)16/h2-5,8H,6-7H2,1H3,(H4,15,16,17)(H,18,20,22). The van der Waals surface area contributed by atoms with Gasteiger partial charge in [0.2, 0.25) is 0 Å². The highest BCUT2D eigenvalue weighted by atomic mass is 32.1. The van der Waals surface area contributed by atoms with E-state index in [1.807, 2.05) is 24.3 Å². The number of nitrogens with one attached hydrogen (secondary N) is 1. The Morgan fingerprint density at radius 2 is 2.14 bits per heavy atom. The van der Waals surface area contributed by atoms with Crippen molar-refractivity contribution in [3.63, 3.8) is 0 Å². The van der Waals surface area contributed by atoms with E-state index in [0.717, 1.165) is 5.56 Å². The minimum atomic E-state index is -0.274. The third-order valence-electron chi connectivity index (χ3n) is 3.03. The maximum Gasteiger partial charge on any atom is 0.252 e. The van der Waals surface area contributed by atoms with Crippen molar-refractivity contribution < 1.29 is 4.74 Å². The van der Waals surface area contributed by atoms with Gasteiger partial charge in [0.15, 0.2) is 10.7 Å². The molecule has 0 amide bonds. The number of nitrogens with zero attached hydrogens (tertiary/aromatic N) is 2. The molecule has 1 aromatic carbocycles. The second kappa shape index (κ2) is 6.90. The second-order valence-corrected chi connectivity index (χ2v) is 4.87. The Morgan fingerprint density at radius 3 is 2.82 bits per heavy atom. The van der Waals surface area contributed by atoms with Crippen molar-refractivity contribution in [3.05, 3.63) is 45.5 Å². The molecule has 0 unspecified atom stereocenters. The zero-order valence-electron chi connectivity index (χ0n) is 12.1. The van der Waals surface area contributed by atoms with E-state index in [1.165, 1.54) is 6.07 Å². The van der Waals surface area contributed by atoms with Gasteiger partial charge in [0.25, 0.3) is 5.56 Å². The summed E-state index contributed by atoms with van der Waals surface area (Å²) in [5.74, 6) is 0.660. The number of hydrogen-bond acceptors (Lipinski definition) is 4. The Bertz CT molecular complexity index is 805. The van der Waals surface area contributed by atoms with Crippen LogP contribution in [0.15, 0.2) is 40.1 Å². The van der Waals surface area contributed by atoms with E-state index in [0.29, 0.717) is 29.3 Å². The van der Waals surface area contributed by atoms with Crippen LogP contribution >= 0.6 is 12.2 Å². The smallest absolute Gasteiger partial charge is 0.252 e. The number of rotatable bonds is 5. The van der Waals surface area contributed by atoms with Crippen LogP contribution in [0.4, 0.5) is 0 Å². The number of ether oxygens (including phenoxy) is 1. The summed E-state index contributed by atoms with van der Waals surface area (Å²) in [6, 6.07) is 8.87. The minimum absolute atomic E-state index is 0.00906. The molecule has 1 aromatic heterocycles. The number of H-pyrrole nitrogens is 1. The lowest BCUT2D eigenvalue weighted by Gasteiger charge is -2.15. The van der Waals surface area contributed by atoms with Crippen LogP contribution in [-0.2, 0) is 6.54 Å². The Morgan fingerprint density at radius 1 is 1.41 bits per heavy atom. The normalized spacial score (nSPS) is 10.2. The van der Waals surface area contributed by atoms with Gasteiger partial charge in [-0.15, -0.1) is 0 Å². The molecule has 8 heteroatoms. The van der Waals surface area contributed by atoms with Gasteiger partial charge in [-0.05, 0) is 24.4 Å². The van der Waals surface area contributed by atoms with E-state index in [4.69, 9.17) is 28.4 Å². The molecular formula is C14H17N5O2S. The molecule has 116 valence electrons. The maximum atomic E-state index is 11.8. The summed E-state index contributed by atoms with van der Waals surface area (Å²) in [4.78, 5) is 18.3. The first kappa shape index (κ1) is 15.8. The number of aromatic nitrogens is 2. The summed E-state index contributed by atoms with van der Waals surface area (Å²) in [6.07, 6.45) is 0. The zero-order chi connectivity index (χ0) is 16.1. The van der Waals surface area contributed by atoms with E-state index in [2.05, 4.69) is 9.98 Å². The lowest BCUT2D eigenvalue weighted by atomic mass is 10.1. The van der Waals surface area contributed by atoms with Gasteiger partial charge in [-0.1, -0.05) is 12.1 Å². The van der Waals surface area contributed by atoms with Crippen LogP contribution in [0.3, 0.4) is 0 Å². The number of para-hydroxylation sites is 1. The summed E-state index contributed by atoms with van der Waals surface area (Å²) in [5, 5.41) is 0. The van der Waals surface area contributed by atoms with E-state index in [-0.39, 0.29) is 11.5 Å². The molecule has 0 radical (unpaired) electrons. The van der Waals surface area contributed by atoms with Crippen LogP contribution in [-0.4, -0.2) is 29.2 Å². The third kappa shape index (κ3) is 3.53.